The van der Waals surface area contributed by atoms with E-state index in [0.717, 1.165) is 12.1 Å². The molecule has 0 aromatic heterocycles. The fourth-order valence-electron chi connectivity index (χ4n) is 2.30. The number of sulfone groups is 1. The maximum atomic E-state index is 14.1. The molecule has 122 valence electrons. The lowest BCUT2D eigenvalue weighted by Crippen LogP contribution is -2.22. The molecule has 0 saturated carbocycles. The molecule has 0 atom stereocenters. The van der Waals surface area contributed by atoms with Crippen molar-refractivity contribution >= 4 is 21.2 Å². The van der Waals surface area contributed by atoms with E-state index >= 15 is 0 Å². The number of alkyl halides is 3. The average molecular weight is 353 g/mol. The van der Waals surface area contributed by atoms with Gasteiger partial charge in [0.05, 0.1) is 16.3 Å². The molecule has 0 spiro atoms. The second-order valence-electron chi connectivity index (χ2n) is 4.64. The summed E-state index contributed by atoms with van der Waals surface area (Å²) in [5.41, 5.74) is -4.00. The lowest BCUT2D eigenvalue weighted by atomic mass is 10.1. The van der Waals surface area contributed by atoms with Crippen LogP contribution in [0.2, 0.25) is 0 Å². The van der Waals surface area contributed by atoms with Crippen molar-refractivity contribution in [3.63, 3.8) is 0 Å². The van der Waals surface area contributed by atoms with Gasteiger partial charge in [0.1, 0.15) is 10.5 Å². The zero-order valence-corrected chi connectivity index (χ0v) is 11.6. The summed E-state index contributed by atoms with van der Waals surface area (Å²) in [6.07, 6.45) is -5.54. The number of nitrogens with one attached hydrogen (secondary N) is 1. The van der Waals surface area contributed by atoms with Gasteiger partial charge < -0.3 is 5.32 Å². The Hall–Kier alpha value is -2.23. The quantitative estimate of drug-likeness (QED) is 0.491. The van der Waals surface area contributed by atoms with Crippen molar-refractivity contribution < 1.29 is 34.8 Å². The third kappa shape index (κ3) is 2.08. The lowest BCUT2D eigenvalue weighted by molar-refractivity contribution is -0.142. The van der Waals surface area contributed by atoms with Crippen LogP contribution in [-0.4, -0.2) is 8.42 Å². The van der Waals surface area contributed by atoms with Gasteiger partial charge in [0.15, 0.2) is 17.5 Å². The highest BCUT2D eigenvalue weighted by molar-refractivity contribution is 7.92. The fourth-order valence-corrected chi connectivity index (χ4v) is 3.92. The molecule has 23 heavy (non-hydrogen) atoms. The number of hydrogen-bond donors (Lipinski definition) is 1. The van der Waals surface area contributed by atoms with E-state index in [1.165, 1.54) is 12.1 Å². The largest absolute Gasteiger partial charge is 0.422 e. The Kier molecular flexibility index (Phi) is 3.15. The molecule has 1 N–H and O–H groups in total. The molecule has 10 heteroatoms. The fraction of sp³-hybridized carbons (Fsp3) is 0.0769. The van der Waals surface area contributed by atoms with Gasteiger partial charge in [-0.1, -0.05) is 12.1 Å². The van der Waals surface area contributed by atoms with Crippen LogP contribution < -0.4 is 5.32 Å². The number of benzene rings is 2. The summed E-state index contributed by atoms with van der Waals surface area (Å²) in [5.74, 6) is -7.10. The maximum Gasteiger partial charge on any atom is 0.422 e. The molecule has 0 radical (unpaired) electrons. The highest BCUT2D eigenvalue weighted by Gasteiger charge is 2.45. The van der Waals surface area contributed by atoms with Crippen LogP contribution in [0.15, 0.2) is 34.1 Å². The molecule has 3 nitrogen and oxygen atoms in total. The van der Waals surface area contributed by atoms with Crippen molar-refractivity contribution in [1.82, 2.24) is 0 Å². The predicted molar refractivity (Wildman–Crippen MR) is 66.5 cm³/mol. The van der Waals surface area contributed by atoms with E-state index in [4.69, 9.17) is 0 Å². The van der Waals surface area contributed by atoms with Gasteiger partial charge >= 0.3 is 6.18 Å². The summed E-state index contributed by atoms with van der Waals surface area (Å²) in [5, 5.41) is 2.08. The Morgan fingerprint density at radius 1 is 0.913 bits per heavy atom. The number of rotatable bonds is 0. The van der Waals surface area contributed by atoms with Gasteiger partial charge in [-0.15, -0.1) is 0 Å². The molecule has 0 amide bonds. The number of hydrogen-bond acceptors (Lipinski definition) is 3. The Balaban J connectivity index is 2.45. The molecule has 2 aromatic carbocycles. The molecule has 0 aliphatic carbocycles. The molecular formula is C13H5F6NO2S. The summed E-state index contributed by atoms with van der Waals surface area (Å²) in [7, 11) is -4.72. The van der Waals surface area contributed by atoms with Crippen molar-refractivity contribution in [1.29, 1.82) is 0 Å². The molecule has 1 aliphatic heterocycles. The Bertz CT molecular complexity index is 936. The smallest absolute Gasteiger partial charge is 0.351 e. The zero-order valence-electron chi connectivity index (χ0n) is 10.8. The first-order valence-electron chi connectivity index (χ1n) is 5.95. The minimum atomic E-state index is -5.54. The normalized spacial score (nSPS) is 15.6. The second-order valence-corrected chi connectivity index (χ2v) is 6.50. The first-order valence-corrected chi connectivity index (χ1v) is 7.44. The zero-order chi connectivity index (χ0) is 17.2. The molecule has 3 rings (SSSR count). The van der Waals surface area contributed by atoms with Crippen LogP contribution in [0.25, 0.3) is 0 Å². The molecule has 0 unspecified atom stereocenters. The Labute approximate surface area is 125 Å². The number of halogens is 6. The van der Waals surface area contributed by atoms with E-state index in [-0.39, 0.29) is 5.69 Å². The minimum Gasteiger partial charge on any atom is -0.351 e. The van der Waals surface area contributed by atoms with Crippen LogP contribution in [0.5, 0.6) is 0 Å². The van der Waals surface area contributed by atoms with E-state index in [2.05, 4.69) is 5.32 Å². The first-order chi connectivity index (χ1) is 10.6. The van der Waals surface area contributed by atoms with E-state index in [0.29, 0.717) is 0 Å². The summed E-state index contributed by atoms with van der Waals surface area (Å²) in [6.45, 7) is 0. The highest BCUT2D eigenvalue weighted by Crippen LogP contribution is 2.46. The topological polar surface area (TPSA) is 46.2 Å². The molecule has 2 aromatic rings. The van der Waals surface area contributed by atoms with Gasteiger partial charge in [-0.3, -0.25) is 0 Å². The van der Waals surface area contributed by atoms with Crippen molar-refractivity contribution in [2.24, 2.45) is 0 Å². The number of fused-ring (bicyclic) bond motifs is 2. The molecule has 0 bridgehead atoms. The third-order valence-electron chi connectivity index (χ3n) is 3.27. The molecule has 0 fully saturated rings. The monoisotopic (exact) mass is 353 g/mol. The van der Waals surface area contributed by atoms with E-state index in [9.17, 15) is 34.8 Å². The standard InChI is InChI=1S/C13H5F6NO2S/c14-8-7(13(17,18)19)9(15)11-12(10(8)16)23(21,22)6-4-2-1-3-5(6)20-11/h1-4,20H. The van der Waals surface area contributed by atoms with Gasteiger partial charge in [-0.05, 0) is 12.1 Å². The summed E-state index contributed by atoms with van der Waals surface area (Å²) < 4.78 is 104. The Morgan fingerprint density at radius 3 is 2.13 bits per heavy atom. The van der Waals surface area contributed by atoms with Gasteiger partial charge in [0, 0.05) is 0 Å². The van der Waals surface area contributed by atoms with Crippen LogP contribution in [0.3, 0.4) is 0 Å². The highest BCUT2D eigenvalue weighted by atomic mass is 32.2. The van der Waals surface area contributed by atoms with Gasteiger partial charge in [-0.25, -0.2) is 21.6 Å². The minimum absolute atomic E-state index is 0.238. The number of anilines is 2. The Morgan fingerprint density at radius 2 is 1.52 bits per heavy atom. The van der Waals surface area contributed by atoms with Crippen molar-refractivity contribution in [2.45, 2.75) is 16.0 Å². The van der Waals surface area contributed by atoms with Crippen LogP contribution >= 0.6 is 0 Å². The van der Waals surface area contributed by atoms with Gasteiger partial charge in [0.2, 0.25) is 9.84 Å². The van der Waals surface area contributed by atoms with Crippen LogP contribution in [-0.2, 0) is 16.0 Å². The van der Waals surface area contributed by atoms with E-state index in [1.54, 1.807) is 0 Å². The van der Waals surface area contributed by atoms with Crippen molar-refractivity contribution in [3.05, 3.63) is 47.3 Å². The molecule has 0 saturated heterocycles. The van der Waals surface area contributed by atoms with Crippen molar-refractivity contribution in [2.75, 3.05) is 5.32 Å². The molecule has 1 aliphatic rings. The summed E-state index contributed by atoms with van der Waals surface area (Å²) in [4.78, 5) is -1.98. The predicted octanol–water partition coefficient (Wildman–Crippen LogP) is 4.01. The number of para-hydroxylation sites is 1. The van der Waals surface area contributed by atoms with E-state index in [1.807, 2.05) is 0 Å². The molecule has 1 heterocycles. The lowest BCUT2D eigenvalue weighted by Gasteiger charge is -2.24. The summed E-state index contributed by atoms with van der Waals surface area (Å²) >= 11 is 0. The SMILES string of the molecule is O=S1(=O)c2ccccc2Nc2c(F)c(C(F)(F)F)c(F)c(F)c21. The van der Waals surface area contributed by atoms with Crippen LogP contribution in [0.4, 0.5) is 37.7 Å². The maximum absolute atomic E-state index is 14.1. The van der Waals surface area contributed by atoms with Crippen molar-refractivity contribution in [3.8, 4) is 0 Å². The van der Waals surface area contributed by atoms with E-state index < -0.39 is 54.5 Å². The second kappa shape index (κ2) is 4.63. The summed E-state index contributed by atoms with van der Waals surface area (Å²) in [6, 6.07) is 4.81. The van der Waals surface area contributed by atoms with Crippen LogP contribution in [0.1, 0.15) is 5.56 Å². The molecular weight excluding hydrogens is 348 g/mol. The van der Waals surface area contributed by atoms with Gasteiger partial charge in [-0.2, -0.15) is 13.2 Å². The van der Waals surface area contributed by atoms with Gasteiger partial charge in [0.25, 0.3) is 0 Å². The van der Waals surface area contributed by atoms with Crippen LogP contribution in [0, 0.1) is 17.5 Å². The third-order valence-corrected chi connectivity index (χ3v) is 5.12. The average Bonchev–Trinajstić information content (AvgIpc) is 2.43. The first kappa shape index (κ1) is 15.7.